The molecule has 0 aromatic carbocycles. The molecule has 0 fully saturated rings. The standard InChI is InChI=1S/C50H95N2O6P/c1-6-8-10-12-14-16-18-20-22-23-24-25-26-27-28-30-31-33-35-37-39-41-43-49(53)48(47-58-59(55,56)57-46-45-52(3,4)5)51-50(54)44-42-40-38-36-34-32-29-21-19-17-15-13-11-9-7-2/h15,17,19,21,33,35,41,43,48-49,53H,6-14,16,18,20,22-32,34,36-40,42,44-47H2,1-5H3,(H-,51,54,55,56)/p+1/b17-15-,21-19-,35-33+,43-41+. The first kappa shape index (κ1) is 57.5. The monoisotopic (exact) mass is 852 g/mol. The minimum absolute atomic E-state index is 0.0526. The first-order chi connectivity index (χ1) is 28.5. The van der Waals surface area contributed by atoms with Gasteiger partial charge in [0.2, 0.25) is 5.91 Å². The van der Waals surface area contributed by atoms with E-state index in [0.29, 0.717) is 17.4 Å². The van der Waals surface area contributed by atoms with E-state index < -0.39 is 20.0 Å². The molecule has 9 heteroatoms. The van der Waals surface area contributed by atoms with E-state index in [-0.39, 0.29) is 19.1 Å². The Morgan fingerprint density at radius 3 is 1.49 bits per heavy atom. The number of amides is 1. The lowest BCUT2D eigenvalue weighted by Gasteiger charge is -2.25. The van der Waals surface area contributed by atoms with E-state index >= 15 is 0 Å². The van der Waals surface area contributed by atoms with Gasteiger partial charge in [-0.2, -0.15) is 0 Å². The summed E-state index contributed by atoms with van der Waals surface area (Å²) in [7, 11) is 1.54. The zero-order valence-corrected chi connectivity index (χ0v) is 40.1. The number of phosphoric acid groups is 1. The molecule has 0 aliphatic carbocycles. The second kappa shape index (κ2) is 41.8. The number of carbonyl (C=O) groups excluding carboxylic acids is 1. The largest absolute Gasteiger partial charge is 0.472 e. The lowest BCUT2D eigenvalue weighted by molar-refractivity contribution is -0.870. The number of nitrogens with one attached hydrogen (secondary N) is 1. The van der Waals surface area contributed by atoms with Crippen molar-refractivity contribution in [1.29, 1.82) is 0 Å². The molecular formula is C50H96N2O6P+. The number of aliphatic hydroxyl groups excluding tert-OH is 1. The zero-order valence-electron chi connectivity index (χ0n) is 39.2. The third-order valence-electron chi connectivity index (χ3n) is 10.8. The number of rotatable bonds is 44. The highest BCUT2D eigenvalue weighted by atomic mass is 31.2. The minimum Gasteiger partial charge on any atom is -0.387 e. The average molecular weight is 852 g/mol. The molecule has 0 rings (SSSR count). The molecule has 1 amide bonds. The molecule has 0 spiro atoms. The number of hydrogen-bond acceptors (Lipinski definition) is 5. The van der Waals surface area contributed by atoms with E-state index in [4.69, 9.17) is 9.05 Å². The predicted molar refractivity (Wildman–Crippen MR) is 254 cm³/mol. The number of quaternary nitrogens is 1. The molecule has 0 aliphatic rings. The Kier molecular flexibility index (Phi) is 40.7. The lowest BCUT2D eigenvalue weighted by atomic mass is 10.0. The Bertz CT molecular complexity index is 1100. The quantitative estimate of drug-likeness (QED) is 0.0185. The summed E-state index contributed by atoms with van der Waals surface area (Å²) in [4.78, 5) is 23.1. The van der Waals surface area contributed by atoms with Crippen molar-refractivity contribution in [2.45, 2.75) is 225 Å². The van der Waals surface area contributed by atoms with Gasteiger partial charge in [0.15, 0.2) is 0 Å². The number of allylic oxidation sites excluding steroid dienone is 7. The molecule has 0 heterocycles. The maximum absolute atomic E-state index is 12.9. The van der Waals surface area contributed by atoms with E-state index in [9.17, 15) is 19.4 Å². The number of hydrogen-bond donors (Lipinski definition) is 3. The van der Waals surface area contributed by atoms with Crippen LogP contribution in [0.25, 0.3) is 0 Å². The molecule has 3 atom stereocenters. The lowest BCUT2D eigenvalue weighted by Crippen LogP contribution is -2.45. The van der Waals surface area contributed by atoms with E-state index in [1.54, 1.807) is 6.08 Å². The smallest absolute Gasteiger partial charge is 0.387 e. The van der Waals surface area contributed by atoms with E-state index in [0.717, 1.165) is 57.8 Å². The van der Waals surface area contributed by atoms with Gasteiger partial charge in [0, 0.05) is 6.42 Å². The van der Waals surface area contributed by atoms with Gasteiger partial charge in [-0.25, -0.2) is 4.57 Å². The first-order valence-corrected chi connectivity index (χ1v) is 26.0. The summed E-state index contributed by atoms with van der Waals surface area (Å²) in [6, 6.07) is -0.870. The molecule has 0 aromatic rings. The fraction of sp³-hybridized carbons (Fsp3) is 0.820. The molecule has 346 valence electrons. The van der Waals surface area contributed by atoms with E-state index in [1.807, 2.05) is 27.2 Å². The van der Waals surface area contributed by atoms with Gasteiger partial charge in [0.05, 0.1) is 39.9 Å². The van der Waals surface area contributed by atoms with Crippen LogP contribution in [-0.4, -0.2) is 73.4 Å². The average Bonchev–Trinajstić information content (AvgIpc) is 3.19. The van der Waals surface area contributed by atoms with Crippen molar-refractivity contribution in [1.82, 2.24) is 5.32 Å². The molecule has 3 N–H and O–H groups in total. The van der Waals surface area contributed by atoms with E-state index in [2.05, 4.69) is 55.6 Å². The maximum Gasteiger partial charge on any atom is 0.472 e. The highest BCUT2D eigenvalue weighted by molar-refractivity contribution is 7.47. The topological polar surface area (TPSA) is 105 Å². The Hall–Kier alpha value is -1.54. The van der Waals surface area contributed by atoms with Crippen molar-refractivity contribution in [3.63, 3.8) is 0 Å². The number of phosphoric ester groups is 1. The predicted octanol–water partition coefficient (Wildman–Crippen LogP) is 14.0. The van der Waals surface area contributed by atoms with Gasteiger partial charge >= 0.3 is 7.82 Å². The molecule has 0 radical (unpaired) electrons. The summed E-state index contributed by atoms with van der Waals surface area (Å²) in [5.41, 5.74) is 0. The van der Waals surface area contributed by atoms with Crippen LogP contribution in [0.4, 0.5) is 0 Å². The Morgan fingerprint density at radius 2 is 0.983 bits per heavy atom. The van der Waals surface area contributed by atoms with Gasteiger partial charge in [-0.05, 0) is 57.8 Å². The summed E-state index contributed by atoms with van der Waals surface area (Å²) in [5.74, 6) is -0.199. The van der Waals surface area contributed by atoms with Crippen molar-refractivity contribution in [3.05, 3.63) is 48.6 Å². The Labute approximate surface area is 365 Å². The highest BCUT2D eigenvalue weighted by Crippen LogP contribution is 2.43. The third-order valence-corrected chi connectivity index (χ3v) is 11.8. The van der Waals surface area contributed by atoms with Crippen molar-refractivity contribution >= 4 is 13.7 Å². The van der Waals surface area contributed by atoms with Crippen LogP contribution >= 0.6 is 7.82 Å². The second-order valence-corrected chi connectivity index (χ2v) is 19.3. The molecule has 0 saturated heterocycles. The Balaban J connectivity index is 4.40. The molecular weight excluding hydrogens is 756 g/mol. The highest BCUT2D eigenvalue weighted by Gasteiger charge is 2.27. The van der Waals surface area contributed by atoms with Gasteiger partial charge in [0.25, 0.3) is 0 Å². The zero-order chi connectivity index (χ0) is 43.6. The third kappa shape index (κ3) is 44.3. The van der Waals surface area contributed by atoms with Crippen LogP contribution in [0.5, 0.6) is 0 Å². The maximum atomic E-state index is 12.9. The number of nitrogens with zero attached hydrogens (tertiary/aromatic N) is 1. The van der Waals surface area contributed by atoms with Crippen LogP contribution in [-0.2, 0) is 18.4 Å². The van der Waals surface area contributed by atoms with Crippen molar-refractivity contribution in [2.24, 2.45) is 0 Å². The SMILES string of the molecule is CCCCC/C=C\C=C/CCCCCCCCC(=O)NC(COP(=O)(O)OCC[N+](C)(C)C)C(O)/C=C/CC/C=C/CCCCCCCCCCCCCCCCCC. The number of likely N-dealkylation sites (N-methyl/N-ethyl adjacent to an activating group) is 1. The van der Waals surface area contributed by atoms with E-state index in [1.165, 1.54) is 135 Å². The van der Waals surface area contributed by atoms with Gasteiger partial charge in [-0.15, -0.1) is 0 Å². The fourth-order valence-corrected chi connectivity index (χ4v) is 7.61. The van der Waals surface area contributed by atoms with Crippen molar-refractivity contribution in [2.75, 3.05) is 40.9 Å². The fourth-order valence-electron chi connectivity index (χ4n) is 6.87. The summed E-state index contributed by atoms with van der Waals surface area (Å²) >= 11 is 0. The van der Waals surface area contributed by atoms with Crippen LogP contribution in [0.3, 0.4) is 0 Å². The molecule has 0 saturated carbocycles. The summed E-state index contributed by atoms with van der Waals surface area (Å²) < 4.78 is 23.6. The summed E-state index contributed by atoms with van der Waals surface area (Å²) in [5, 5.41) is 13.8. The second-order valence-electron chi connectivity index (χ2n) is 17.9. The van der Waals surface area contributed by atoms with Crippen molar-refractivity contribution < 1.29 is 32.9 Å². The normalized spacial score (nSPS) is 14.6. The Morgan fingerprint density at radius 1 is 0.576 bits per heavy atom. The summed E-state index contributed by atoms with van der Waals surface area (Å²) in [6.07, 6.45) is 53.3. The van der Waals surface area contributed by atoms with Crippen LogP contribution < -0.4 is 5.32 Å². The molecule has 59 heavy (non-hydrogen) atoms. The summed E-state index contributed by atoms with van der Waals surface area (Å²) in [6.45, 7) is 4.76. The van der Waals surface area contributed by atoms with Crippen molar-refractivity contribution in [3.8, 4) is 0 Å². The number of carbonyl (C=O) groups is 1. The van der Waals surface area contributed by atoms with Gasteiger partial charge in [0.1, 0.15) is 13.2 Å². The minimum atomic E-state index is -4.35. The van der Waals surface area contributed by atoms with Gasteiger partial charge in [-0.3, -0.25) is 13.8 Å². The van der Waals surface area contributed by atoms with Crippen LogP contribution in [0.2, 0.25) is 0 Å². The molecule has 8 nitrogen and oxygen atoms in total. The number of aliphatic hydroxyl groups is 1. The van der Waals surface area contributed by atoms with Crippen LogP contribution in [0.1, 0.15) is 213 Å². The molecule has 3 unspecified atom stereocenters. The molecule has 0 aromatic heterocycles. The van der Waals surface area contributed by atoms with Gasteiger partial charge < -0.3 is 19.8 Å². The molecule has 0 aliphatic heterocycles. The van der Waals surface area contributed by atoms with Crippen LogP contribution in [0.15, 0.2) is 48.6 Å². The number of unbranched alkanes of at least 4 members (excludes halogenated alkanes) is 26. The first-order valence-electron chi connectivity index (χ1n) is 24.5. The van der Waals surface area contributed by atoms with Crippen LogP contribution in [0, 0.1) is 0 Å². The van der Waals surface area contributed by atoms with Gasteiger partial charge in [-0.1, -0.05) is 197 Å². The molecule has 0 bridgehead atoms.